The van der Waals surface area contributed by atoms with E-state index in [0.717, 1.165) is 11.1 Å². The van der Waals surface area contributed by atoms with Crippen molar-refractivity contribution in [2.75, 3.05) is 7.11 Å². The van der Waals surface area contributed by atoms with E-state index in [1.54, 1.807) is 31.4 Å². The zero-order valence-corrected chi connectivity index (χ0v) is 18.8. The minimum absolute atomic E-state index is 0.231. The van der Waals surface area contributed by atoms with Crippen LogP contribution in [0.1, 0.15) is 35.3 Å². The van der Waals surface area contributed by atoms with Gasteiger partial charge in [-0.25, -0.2) is 9.07 Å². The number of para-hydroxylation sites is 1. The molecule has 166 valence electrons. The fourth-order valence-corrected chi connectivity index (χ4v) is 3.95. The van der Waals surface area contributed by atoms with Crippen molar-refractivity contribution in [3.63, 3.8) is 0 Å². The van der Waals surface area contributed by atoms with Gasteiger partial charge in [0.25, 0.3) is 5.56 Å². The predicted molar refractivity (Wildman–Crippen MR) is 131 cm³/mol. The Morgan fingerprint density at radius 2 is 1.70 bits per heavy atom. The first-order valence-corrected chi connectivity index (χ1v) is 10.7. The molecule has 0 saturated heterocycles. The quantitative estimate of drug-likeness (QED) is 0.361. The first kappa shape index (κ1) is 22.2. The second kappa shape index (κ2) is 9.65. The Morgan fingerprint density at radius 1 is 0.970 bits per heavy atom. The summed E-state index contributed by atoms with van der Waals surface area (Å²) in [6, 6.07) is 23.3. The van der Waals surface area contributed by atoms with Crippen LogP contribution in [0.4, 0.5) is 4.39 Å². The summed E-state index contributed by atoms with van der Waals surface area (Å²) in [6.07, 6.45) is 3.48. The van der Waals surface area contributed by atoms with Crippen molar-refractivity contribution < 1.29 is 9.13 Å². The molecular weight excluding hydrogens is 415 g/mol. The number of methoxy groups -OCH3 is 1. The van der Waals surface area contributed by atoms with E-state index in [9.17, 15) is 9.18 Å². The minimum Gasteiger partial charge on any atom is -0.496 e. The van der Waals surface area contributed by atoms with Crippen molar-refractivity contribution in [3.05, 3.63) is 117 Å². The number of hydrogen-bond acceptors (Lipinski definition) is 3. The average Bonchev–Trinajstić information content (AvgIpc) is 2.84. The molecule has 4 aromatic rings. The van der Waals surface area contributed by atoms with Gasteiger partial charge in [0, 0.05) is 11.1 Å². The number of rotatable bonds is 6. The van der Waals surface area contributed by atoms with Crippen molar-refractivity contribution in [1.82, 2.24) is 9.78 Å². The zero-order valence-electron chi connectivity index (χ0n) is 18.8. The largest absolute Gasteiger partial charge is 0.496 e. The van der Waals surface area contributed by atoms with Crippen molar-refractivity contribution in [1.29, 1.82) is 0 Å². The molecular formula is C28H25FN2O2. The van der Waals surface area contributed by atoms with Gasteiger partial charge < -0.3 is 4.74 Å². The molecule has 0 aliphatic heterocycles. The van der Waals surface area contributed by atoms with Gasteiger partial charge in [0.15, 0.2) is 0 Å². The molecule has 1 atom stereocenters. The van der Waals surface area contributed by atoms with Crippen molar-refractivity contribution in [3.8, 4) is 16.9 Å². The first-order valence-electron chi connectivity index (χ1n) is 10.7. The second-order valence-corrected chi connectivity index (χ2v) is 7.80. The van der Waals surface area contributed by atoms with E-state index in [0.29, 0.717) is 28.1 Å². The van der Waals surface area contributed by atoms with Gasteiger partial charge in [-0.15, -0.1) is 0 Å². The Hall–Kier alpha value is -3.99. The van der Waals surface area contributed by atoms with E-state index in [2.05, 4.69) is 5.10 Å². The molecule has 0 aliphatic carbocycles. The smallest absolute Gasteiger partial charge is 0.275 e. The molecule has 33 heavy (non-hydrogen) atoms. The molecule has 4 nitrogen and oxygen atoms in total. The van der Waals surface area contributed by atoms with E-state index in [-0.39, 0.29) is 17.4 Å². The zero-order chi connectivity index (χ0) is 23.4. The van der Waals surface area contributed by atoms with Crippen LogP contribution in [0.3, 0.4) is 0 Å². The number of nitrogens with zero attached hydrogens (tertiary/aromatic N) is 2. The fraction of sp³-hybridized carbons (Fsp3) is 0.143. The van der Waals surface area contributed by atoms with Crippen molar-refractivity contribution in [2.24, 2.45) is 0 Å². The highest BCUT2D eigenvalue weighted by molar-refractivity contribution is 5.84. The highest BCUT2D eigenvalue weighted by Gasteiger charge is 2.20. The monoisotopic (exact) mass is 440 g/mol. The Bertz CT molecular complexity index is 1360. The van der Waals surface area contributed by atoms with E-state index in [1.807, 2.05) is 68.4 Å². The van der Waals surface area contributed by atoms with Crippen molar-refractivity contribution >= 4 is 12.2 Å². The normalized spacial score (nSPS) is 12.1. The molecule has 0 bridgehead atoms. The van der Waals surface area contributed by atoms with Gasteiger partial charge in [-0.3, -0.25) is 4.79 Å². The molecule has 5 heteroatoms. The molecule has 0 N–H and O–H groups in total. The Labute approximate surface area is 192 Å². The average molecular weight is 441 g/mol. The molecule has 1 aromatic heterocycles. The van der Waals surface area contributed by atoms with E-state index < -0.39 is 0 Å². The number of aromatic nitrogens is 2. The number of benzene rings is 3. The third kappa shape index (κ3) is 4.62. The fourth-order valence-electron chi connectivity index (χ4n) is 3.95. The van der Waals surface area contributed by atoms with Crippen LogP contribution in [0.5, 0.6) is 5.75 Å². The lowest BCUT2D eigenvalue weighted by Gasteiger charge is -2.19. The number of ether oxygens (including phenoxy) is 1. The van der Waals surface area contributed by atoms with Crippen LogP contribution in [-0.4, -0.2) is 16.9 Å². The molecule has 0 spiro atoms. The maximum Gasteiger partial charge on any atom is 0.275 e. The van der Waals surface area contributed by atoms with Crippen LogP contribution in [0.2, 0.25) is 0 Å². The van der Waals surface area contributed by atoms with Gasteiger partial charge >= 0.3 is 0 Å². The van der Waals surface area contributed by atoms with E-state index in [1.165, 1.54) is 16.8 Å². The van der Waals surface area contributed by atoms with Crippen LogP contribution in [0.25, 0.3) is 23.3 Å². The van der Waals surface area contributed by atoms with Gasteiger partial charge in [-0.2, -0.15) is 5.10 Å². The lowest BCUT2D eigenvalue weighted by atomic mass is 9.97. The molecule has 0 amide bonds. The van der Waals surface area contributed by atoms with Crippen LogP contribution in [0.15, 0.2) is 83.7 Å². The maximum absolute atomic E-state index is 13.8. The topological polar surface area (TPSA) is 44.1 Å². The first-order chi connectivity index (χ1) is 16.0. The summed E-state index contributed by atoms with van der Waals surface area (Å²) in [5.41, 5.74) is 4.06. The number of halogens is 1. The standard InChI is InChI=1S/C28H25FN2O2/c1-19-27(24-14-7-8-15-26(24)33-3)25(17-16-21-10-9-13-23(29)18-21)28(32)31(30-19)20(2)22-11-5-4-6-12-22/h4-18,20H,1-3H3. The summed E-state index contributed by atoms with van der Waals surface area (Å²) in [7, 11) is 1.60. The maximum atomic E-state index is 13.8. The SMILES string of the molecule is COc1ccccc1-c1c(C)nn(C(C)c2ccccc2)c(=O)c1C=Cc1cccc(F)c1. The lowest BCUT2D eigenvalue weighted by Crippen LogP contribution is -2.30. The van der Waals surface area contributed by atoms with Gasteiger partial charge in [0.05, 0.1) is 24.4 Å². The summed E-state index contributed by atoms with van der Waals surface area (Å²) in [5.74, 6) is 0.319. The molecule has 1 heterocycles. The molecule has 4 rings (SSSR count). The highest BCUT2D eigenvalue weighted by Crippen LogP contribution is 2.34. The van der Waals surface area contributed by atoms with E-state index >= 15 is 0 Å². The summed E-state index contributed by atoms with van der Waals surface area (Å²) in [6.45, 7) is 3.83. The second-order valence-electron chi connectivity index (χ2n) is 7.80. The predicted octanol–water partition coefficient (Wildman–Crippen LogP) is 6.15. The summed E-state index contributed by atoms with van der Waals surface area (Å²) >= 11 is 0. The van der Waals surface area contributed by atoms with Crippen LogP contribution in [0, 0.1) is 12.7 Å². The number of hydrogen-bond donors (Lipinski definition) is 0. The van der Waals surface area contributed by atoms with E-state index in [4.69, 9.17) is 4.74 Å². The summed E-state index contributed by atoms with van der Waals surface area (Å²) < 4.78 is 20.8. The molecule has 0 saturated carbocycles. The van der Waals surface area contributed by atoms with Gasteiger partial charge in [-0.1, -0.05) is 66.7 Å². The Balaban J connectivity index is 1.95. The number of aryl methyl sites for hydroxylation is 1. The third-order valence-electron chi connectivity index (χ3n) is 5.64. The van der Waals surface area contributed by atoms with Gasteiger partial charge in [-0.05, 0) is 49.2 Å². The summed E-state index contributed by atoms with van der Waals surface area (Å²) in [5, 5.41) is 4.69. The van der Waals surface area contributed by atoms with Crippen LogP contribution in [-0.2, 0) is 0 Å². The lowest BCUT2D eigenvalue weighted by molar-refractivity contribution is 0.416. The Morgan fingerprint density at radius 3 is 2.42 bits per heavy atom. The third-order valence-corrected chi connectivity index (χ3v) is 5.64. The molecule has 0 aliphatic rings. The molecule has 0 radical (unpaired) electrons. The Kier molecular flexibility index (Phi) is 6.50. The summed E-state index contributed by atoms with van der Waals surface area (Å²) in [4.78, 5) is 13.8. The highest BCUT2D eigenvalue weighted by atomic mass is 19.1. The molecule has 0 fully saturated rings. The van der Waals surface area contributed by atoms with Gasteiger partial charge in [0.1, 0.15) is 11.6 Å². The molecule has 1 unspecified atom stereocenters. The van der Waals surface area contributed by atoms with Crippen LogP contribution >= 0.6 is 0 Å². The van der Waals surface area contributed by atoms with Crippen LogP contribution < -0.4 is 10.3 Å². The van der Waals surface area contributed by atoms with Crippen molar-refractivity contribution in [2.45, 2.75) is 19.9 Å². The van der Waals surface area contributed by atoms with Gasteiger partial charge in [0.2, 0.25) is 0 Å². The molecule has 3 aromatic carbocycles. The minimum atomic E-state index is -0.330.